The summed E-state index contributed by atoms with van der Waals surface area (Å²) in [6.07, 6.45) is 11.0. The zero-order valence-corrected chi connectivity index (χ0v) is 7.27. The normalized spacial score (nSPS) is 14.6. The van der Waals surface area contributed by atoms with Gasteiger partial charge in [0.1, 0.15) is 6.26 Å². The van der Waals surface area contributed by atoms with Gasteiger partial charge in [-0.3, -0.25) is 4.79 Å². The van der Waals surface area contributed by atoms with Crippen molar-refractivity contribution in [3.8, 4) is 0 Å². The minimum atomic E-state index is -0.736. The molecule has 13 heavy (non-hydrogen) atoms. The Bertz CT molecular complexity index is 261. The third kappa shape index (κ3) is 5.73. The summed E-state index contributed by atoms with van der Waals surface area (Å²) in [5, 5.41) is 8.34. The third-order valence-corrected chi connectivity index (χ3v) is 1.52. The van der Waals surface area contributed by atoms with E-state index in [4.69, 9.17) is 9.84 Å². The maximum absolute atomic E-state index is 10.1. The van der Waals surface area contributed by atoms with Gasteiger partial charge in [0, 0.05) is 6.42 Å². The number of carbonyl (C=O) groups is 1. The van der Waals surface area contributed by atoms with Gasteiger partial charge in [-0.1, -0.05) is 18.2 Å². The highest BCUT2D eigenvalue weighted by Gasteiger charge is 2.01. The molecule has 0 aromatic heterocycles. The van der Waals surface area contributed by atoms with Crippen molar-refractivity contribution in [2.24, 2.45) is 0 Å². The van der Waals surface area contributed by atoms with Gasteiger partial charge in [-0.25, -0.2) is 0 Å². The van der Waals surface area contributed by atoms with Crippen LogP contribution >= 0.6 is 0 Å². The number of unbranched alkanes of at least 4 members (excludes halogenated alkanes) is 1. The van der Waals surface area contributed by atoms with Crippen LogP contribution in [-0.2, 0) is 9.53 Å². The number of allylic oxidation sites excluding steroid dienone is 4. The maximum atomic E-state index is 10.1. The van der Waals surface area contributed by atoms with Gasteiger partial charge in [-0.2, -0.15) is 0 Å². The summed E-state index contributed by atoms with van der Waals surface area (Å²) < 4.78 is 4.76. The second-order valence-corrected chi connectivity index (χ2v) is 2.71. The molecule has 3 nitrogen and oxygen atoms in total. The van der Waals surface area contributed by atoms with Gasteiger partial charge in [0.25, 0.3) is 0 Å². The van der Waals surface area contributed by atoms with Crippen molar-refractivity contribution in [3.63, 3.8) is 0 Å². The molecule has 0 unspecified atom stereocenters. The largest absolute Gasteiger partial charge is 0.481 e. The van der Waals surface area contributed by atoms with Gasteiger partial charge in [-0.05, 0) is 18.9 Å². The lowest BCUT2D eigenvalue weighted by atomic mass is 10.2. The first-order valence-electron chi connectivity index (χ1n) is 4.21. The van der Waals surface area contributed by atoms with Crippen molar-refractivity contribution in [1.82, 2.24) is 0 Å². The number of hydrogen-bond acceptors (Lipinski definition) is 2. The predicted molar refractivity (Wildman–Crippen MR) is 48.9 cm³/mol. The van der Waals surface area contributed by atoms with Crippen LogP contribution in [0.4, 0.5) is 0 Å². The number of ether oxygens (including phenoxy) is 1. The third-order valence-electron chi connectivity index (χ3n) is 1.52. The molecule has 0 aromatic carbocycles. The maximum Gasteiger partial charge on any atom is 0.303 e. The minimum Gasteiger partial charge on any atom is -0.481 e. The Morgan fingerprint density at radius 3 is 2.92 bits per heavy atom. The van der Waals surface area contributed by atoms with Crippen LogP contribution < -0.4 is 0 Å². The highest BCUT2D eigenvalue weighted by Crippen LogP contribution is 2.13. The molecule has 0 fully saturated rings. The molecule has 1 rings (SSSR count). The lowest BCUT2D eigenvalue weighted by molar-refractivity contribution is -0.137. The highest BCUT2D eigenvalue weighted by molar-refractivity contribution is 5.66. The van der Waals surface area contributed by atoms with Gasteiger partial charge in [0.2, 0.25) is 0 Å². The SMILES string of the molecule is O=C(O)CCCC=CC=CC1=CO1. The van der Waals surface area contributed by atoms with E-state index in [-0.39, 0.29) is 6.42 Å². The van der Waals surface area contributed by atoms with E-state index in [0.29, 0.717) is 6.42 Å². The fraction of sp³-hybridized carbons (Fsp3) is 0.300. The Kier molecular flexibility index (Phi) is 3.82. The number of carboxylic acids is 1. The summed E-state index contributed by atoms with van der Waals surface area (Å²) in [6, 6.07) is 0. The molecule has 0 aromatic rings. The second kappa shape index (κ2) is 5.19. The first-order chi connectivity index (χ1) is 6.29. The Balaban J connectivity index is 1.97. The summed E-state index contributed by atoms with van der Waals surface area (Å²) in [7, 11) is 0. The van der Waals surface area contributed by atoms with Crippen molar-refractivity contribution < 1.29 is 14.6 Å². The van der Waals surface area contributed by atoms with Crippen LogP contribution in [0.25, 0.3) is 0 Å². The van der Waals surface area contributed by atoms with Gasteiger partial charge in [-0.15, -0.1) is 0 Å². The molecule has 1 aliphatic heterocycles. The monoisotopic (exact) mass is 180 g/mol. The molecule has 0 aliphatic carbocycles. The van der Waals surface area contributed by atoms with E-state index < -0.39 is 5.97 Å². The topological polar surface area (TPSA) is 49.8 Å². The Morgan fingerprint density at radius 1 is 1.54 bits per heavy atom. The summed E-state index contributed by atoms with van der Waals surface area (Å²) >= 11 is 0. The standard InChI is InChI=1S/C10H12O3/c11-10(12)7-5-3-1-2-4-6-9-8-13-9/h1-2,4,6,8H,3,5,7H2,(H,11,12). The van der Waals surface area contributed by atoms with Crippen LogP contribution in [0.15, 0.2) is 36.3 Å². The van der Waals surface area contributed by atoms with Crippen molar-refractivity contribution in [2.75, 3.05) is 0 Å². The molecule has 0 spiro atoms. The molecule has 1 N–H and O–H groups in total. The Morgan fingerprint density at radius 2 is 2.31 bits per heavy atom. The zero-order valence-electron chi connectivity index (χ0n) is 7.27. The van der Waals surface area contributed by atoms with Crippen LogP contribution in [-0.4, -0.2) is 11.1 Å². The van der Waals surface area contributed by atoms with E-state index in [9.17, 15) is 4.79 Å². The molecule has 0 saturated carbocycles. The van der Waals surface area contributed by atoms with E-state index in [1.165, 1.54) is 0 Å². The Labute approximate surface area is 77.0 Å². The molecule has 0 amide bonds. The van der Waals surface area contributed by atoms with Gasteiger partial charge < -0.3 is 9.84 Å². The van der Waals surface area contributed by atoms with Crippen molar-refractivity contribution in [3.05, 3.63) is 36.3 Å². The number of aliphatic carboxylic acids is 1. The second-order valence-electron chi connectivity index (χ2n) is 2.71. The van der Waals surface area contributed by atoms with Crippen molar-refractivity contribution in [1.29, 1.82) is 0 Å². The predicted octanol–water partition coefficient (Wildman–Crippen LogP) is 2.23. The number of rotatable bonds is 6. The first kappa shape index (κ1) is 9.58. The number of carboxylic acid groups (broad SMARTS) is 1. The quantitative estimate of drug-likeness (QED) is 0.503. The van der Waals surface area contributed by atoms with E-state index in [1.54, 1.807) is 6.26 Å². The lowest BCUT2D eigenvalue weighted by Gasteiger charge is -1.88. The molecular formula is C10H12O3. The van der Waals surface area contributed by atoms with E-state index in [1.807, 2.05) is 24.3 Å². The number of hydrogen-bond donors (Lipinski definition) is 1. The lowest BCUT2D eigenvalue weighted by Crippen LogP contribution is -1.92. The smallest absolute Gasteiger partial charge is 0.303 e. The van der Waals surface area contributed by atoms with Crippen LogP contribution in [0.3, 0.4) is 0 Å². The van der Waals surface area contributed by atoms with Gasteiger partial charge in [0.15, 0.2) is 5.76 Å². The molecule has 0 radical (unpaired) electrons. The molecule has 3 heteroatoms. The summed E-state index contributed by atoms with van der Waals surface area (Å²) in [5.41, 5.74) is 0. The molecule has 0 bridgehead atoms. The Hall–Kier alpha value is -1.51. The van der Waals surface area contributed by atoms with Gasteiger partial charge >= 0.3 is 5.97 Å². The van der Waals surface area contributed by atoms with Gasteiger partial charge in [0.05, 0.1) is 0 Å². The molecule has 70 valence electrons. The van der Waals surface area contributed by atoms with E-state index >= 15 is 0 Å². The summed E-state index contributed by atoms with van der Waals surface area (Å²) in [4.78, 5) is 10.1. The molecule has 1 heterocycles. The van der Waals surface area contributed by atoms with E-state index in [0.717, 1.165) is 12.2 Å². The van der Waals surface area contributed by atoms with E-state index in [2.05, 4.69) is 0 Å². The molecule has 1 aliphatic rings. The first-order valence-corrected chi connectivity index (χ1v) is 4.21. The van der Waals surface area contributed by atoms with Crippen LogP contribution in [0.2, 0.25) is 0 Å². The minimum absolute atomic E-state index is 0.238. The fourth-order valence-electron chi connectivity index (χ4n) is 0.809. The van der Waals surface area contributed by atoms with Crippen LogP contribution in [0.5, 0.6) is 0 Å². The van der Waals surface area contributed by atoms with Crippen molar-refractivity contribution in [2.45, 2.75) is 19.3 Å². The highest BCUT2D eigenvalue weighted by atomic mass is 16.5. The summed E-state index contributed by atoms with van der Waals surface area (Å²) in [6.45, 7) is 0. The molecule has 0 atom stereocenters. The summed E-state index contributed by atoms with van der Waals surface area (Å²) in [5.74, 6) is 0.149. The average molecular weight is 180 g/mol. The molecular weight excluding hydrogens is 168 g/mol. The zero-order chi connectivity index (χ0) is 9.52. The van der Waals surface area contributed by atoms with Crippen LogP contribution in [0.1, 0.15) is 19.3 Å². The molecule has 0 saturated heterocycles. The van der Waals surface area contributed by atoms with Crippen LogP contribution in [0, 0.1) is 0 Å². The average Bonchev–Trinajstić information content (AvgIpc) is 2.86. The fourth-order valence-corrected chi connectivity index (χ4v) is 0.809. The van der Waals surface area contributed by atoms with Crippen molar-refractivity contribution >= 4 is 5.97 Å².